The highest BCUT2D eigenvalue weighted by atomic mass is 35.5. The van der Waals surface area contributed by atoms with Crippen molar-refractivity contribution in [3.63, 3.8) is 0 Å². The fourth-order valence-electron chi connectivity index (χ4n) is 1.88. The number of halogens is 2. The molecule has 0 saturated heterocycles. The van der Waals surface area contributed by atoms with Crippen molar-refractivity contribution >= 4 is 11.6 Å². The second-order valence-corrected chi connectivity index (χ2v) is 4.36. The maximum Gasteiger partial charge on any atom is 0.142 e. The van der Waals surface area contributed by atoms with Crippen LogP contribution in [-0.4, -0.2) is 6.04 Å². The molecule has 0 saturated carbocycles. The van der Waals surface area contributed by atoms with Gasteiger partial charge in [0.25, 0.3) is 0 Å². The Morgan fingerprint density at radius 1 is 1.47 bits per heavy atom. The van der Waals surface area contributed by atoms with Crippen LogP contribution in [0.5, 0.6) is 0 Å². The minimum absolute atomic E-state index is 0.177. The molecule has 15 heavy (non-hydrogen) atoms. The molecule has 0 fully saturated rings. The lowest BCUT2D eigenvalue weighted by Crippen LogP contribution is -2.11. The number of hydrogen-bond acceptors (Lipinski definition) is 1. The third-order valence-electron chi connectivity index (χ3n) is 2.66. The van der Waals surface area contributed by atoms with Gasteiger partial charge in [-0.1, -0.05) is 29.3 Å². The summed E-state index contributed by atoms with van der Waals surface area (Å²) in [7, 11) is 0. The average Bonchev–Trinajstić information content (AvgIpc) is 2.58. The second-order valence-electron chi connectivity index (χ2n) is 3.95. The average molecular weight is 226 g/mol. The summed E-state index contributed by atoms with van der Waals surface area (Å²) >= 11 is 5.61. The van der Waals surface area contributed by atoms with Crippen LogP contribution in [0.15, 0.2) is 29.8 Å². The molecule has 0 bridgehead atoms. The monoisotopic (exact) mass is 225 g/mol. The molecule has 0 aliphatic heterocycles. The van der Waals surface area contributed by atoms with E-state index in [1.165, 1.54) is 11.6 Å². The third-order valence-corrected chi connectivity index (χ3v) is 2.97. The van der Waals surface area contributed by atoms with Crippen LogP contribution in [0.1, 0.15) is 18.4 Å². The minimum atomic E-state index is -0.350. The van der Waals surface area contributed by atoms with Gasteiger partial charge in [0.15, 0.2) is 0 Å². The molecule has 80 valence electrons. The van der Waals surface area contributed by atoms with Gasteiger partial charge in [-0.15, -0.1) is 0 Å². The maximum absolute atomic E-state index is 13.2. The summed E-state index contributed by atoms with van der Waals surface area (Å²) < 4.78 is 13.2. The zero-order chi connectivity index (χ0) is 10.8. The van der Waals surface area contributed by atoms with E-state index in [2.05, 4.69) is 6.08 Å². The van der Waals surface area contributed by atoms with Crippen LogP contribution in [0, 0.1) is 5.82 Å². The largest absolute Gasteiger partial charge is 0.324 e. The van der Waals surface area contributed by atoms with Crippen molar-refractivity contribution < 1.29 is 4.39 Å². The molecular weight excluding hydrogens is 213 g/mol. The SMILES string of the molecule is NC1C=C(Cc2ccc(Cl)c(F)c2)CC1. The van der Waals surface area contributed by atoms with Crippen LogP contribution in [0.25, 0.3) is 0 Å². The van der Waals surface area contributed by atoms with Crippen molar-refractivity contribution in [2.75, 3.05) is 0 Å². The first kappa shape index (κ1) is 10.7. The van der Waals surface area contributed by atoms with Gasteiger partial charge in [-0.25, -0.2) is 4.39 Å². The van der Waals surface area contributed by atoms with E-state index < -0.39 is 0 Å². The molecule has 0 aromatic heterocycles. The zero-order valence-electron chi connectivity index (χ0n) is 8.34. The fourth-order valence-corrected chi connectivity index (χ4v) is 2.00. The molecule has 0 heterocycles. The zero-order valence-corrected chi connectivity index (χ0v) is 9.10. The Kier molecular flexibility index (Phi) is 3.08. The normalized spacial score (nSPS) is 20.5. The van der Waals surface area contributed by atoms with Gasteiger partial charge in [-0.05, 0) is 37.0 Å². The Bertz CT molecular complexity index is 401. The quantitative estimate of drug-likeness (QED) is 0.770. The van der Waals surface area contributed by atoms with Gasteiger partial charge in [-0.3, -0.25) is 0 Å². The molecular formula is C12H13ClFN. The summed E-state index contributed by atoms with van der Waals surface area (Å²) in [4.78, 5) is 0. The smallest absolute Gasteiger partial charge is 0.142 e. The van der Waals surface area contributed by atoms with Gasteiger partial charge in [0.1, 0.15) is 5.82 Å². The molecule has 0 amide bonds. The molecule has 0 radical (unpaired) electrons. The highest BCUT2D eigenvalue weighted by molar-refractivity contribution is 6.30. The number of rotatable bonds is 2. The highest BCUT2D eigenvalue weighted by Crippen LogP contribution is 2.23. The molecule has 1 aromatic carbocycles. The summed E-state index contributed by atoms with van der Waals surface area (Å²) in [5, 5.41) is 0.177. The lowest BCUT2D eigenvalue weighted by molar-refractivity contribution is 0.626. The molecule has 1 aliphatic rings. The van der Waals surface area contributed by atoms with E-state index in [9.17, 15) is 4.39 Å². The Morgan fingerprint density at radius 2 is 2.27 bits per heavy atom. The van der Waals surface area contributed by atoms with E-state index in [0.29, 0.717) is 0 Å². The van der Waals surface area contributed by atoms with E-state index in [4.69, 9.17) is 17.3 Å². The summed E-state index contributed by atoms with van der Waals surface area (Å²) in [6.45, 7) is 0. The fraction of sp³-hybridized carbons (Fsp3) is 0.333. The Labute approximate surface area is 93.7 Å². The lowest BCUT2D eigenvalue weighted by atomic mass is 10.0. The van der Waals surface area contributed by atoms with Crippen LogP contribution in [0.2, 0.25) is 5.02 Å². The first-order chi connectivity index (χ1) is 7.15. The van der Waals surface area contributed by atoms with Crippen LogP contribution >= 0.6 is 11.6 Å². The molecule has 1 aliphatic carbocycles. The molecule has 0 spiro atoms. The van der Waals surface area contributed by atoms with Crippen LogP contribution in [0.3, 0.4) is 0 Å². The van der Waals surface area contributed by atoms with Crippen LogP contribution in [-0.2, 0) is 6.42 Å². The van der Waals surface area contributed by atoms with Gasteiger partial charge < -0.3 is 5.73 Å². The predicted octanol–water partition coefficient (Wildman–Crippen LogP) is 3.07. The first-order valence-electron chi connectivity index (χ1n) is 5.04. The number of hydrogen-bond donors (Lipinski definition) is 1. The Hall–Kier alpha value is -0.860. The predicted molar refractivity (Wildman–Crippen MR) is 60.4 cm³/mol. The topological polar surface area (TPSA) is 26.0 Å². The van der Waals surface area contributed by atoms with E-state index >= 15 is 0 Å². The van der Waals surface area contributed by atoms with Crippen molar-refractivity contribution in [1.82, 2.24) is 0 Å². The number of benzene rings is 1. The van der Waals surface area contributed by atoms with Gasteiger partial charge >= 0.3 is 0 Å². The molecule has 1 nitrogen and oxygen atoms in total. The van der Waals surface area contributed by atoms with E-state index in [1.807, 2.05) is 6.07 Å². The van der Waals surface area contributed by atoms with E-state index in [0.717, 1.165) is 24.8 Å². The van der Waals surface area contributed by atoms with Gasteiger partial charge in [0, 0.05) is 6.04 Å². The standard InChI is InChI=1S/C12H13ClFN/c13-11-4-2-9(7-12(11)14)5-8-1-3-10(15)6-8/h2,4,6-7,10H,1,3,5,15H2. The molecule has 1 aromatic rings. The summed E-state index contributed by atoms with van der Waals surface area (Å²) in [5.41, 5.74) is 8.01. The van der Waals surface area contributed by atoms with Crippen molar-refractivity contribution in [3.8, 4) is 0 Å². The minimum Gasteiger partial charge on any atom is -0.324 e. The molecule has 3 heteroatoms. The Balaban J connectivity index is 2.11. The van der Waals surface area contributed by atoms with E-state index in [-0.39, 0.29) is 16.9 Å². The molecule has 1 atom stereocenters. The second kappa shape index (κ2) is 4.33. The van der Waals surface area contributed by atoms with Crippen molar-refractivity contribution in [3.05, 3.63) is 46.3 Å². The molecule has 2 rings (SSSR count). The van der Waals surface area contributed by atoms with Crippen molar-refractivity contribution in [2.45, 2.75) is 25.3 Å². The van der Waals surface area contributed by atoms with Crippen molar-refractivity contribution in [1.29, 1.82) is 0 Å². The number of nitrogens with two attached hydrogens (primary N) is 1. The van der Waals surface area contributed by atoms with Crippen molar-refractivity contribution in [2.24, 2.45) is 5.73 Å². The van der Waals surface area contributed by atoms with Crippen LogP contribution < -0.4 is 5.73 Å². The molecule has 1 unspecified atom stereocenters. The maximum atomic E-state index is 13.2. The van der Waals surface area contributed by atoms with E-state index in [1.54, 1.807) is 6.07 Å². The first-order valence-corrected chi connectivity index (χ1v) is 5.42. The van der Waals surface area contributed by atoms with Gasteiger partial charge in [-0.2, -0.15) is 0 Å². The summed E-state index contributed by atoms with van der Waals surface area (Å²) in [6, 6.07) is 5.13. The summed E-state index contributed by atoms with van der Waals surface area (Å²) in [5.74, 6) is -0.350. The highest BCUT2D eigenvalue weighted by Gasteiger charge is 2.12. The lowest BCUT2D eigenvalue weighted by Gasteiger charge is -2.03. The Morgan fingerprint density at radius 3 is 2.87 bits per heavy atom. The van der Waals surface area contributed by atoms with Crippen LogP contribution in [0.4, 0.5) is 4.39 Å². The van der Waals surface area contributed by atoms with Gasteiger partial charge in [0.2, 0.25) is 0 Å². The number of allylic oxidation sites excluding steroid dienone is 1. The summed E-state index contributed by atoms with van der Waals surface area (Å²) in [6.07, 6.45) is 4.88. The molecule has 2 N–H and O–H groups in total. The third kappa shape index (κ3) is 2.58. The van der Waals surface area contributed by atoms with Gasteiger partial charge in [0.05, 0.1) is 5.02 Å².